The molecule has 0 aliphatic heterocycles. The fourth-order valence-corrected chi connectivity index (χ4v) is 4.43. The van der Waals surface area contributed by atoms with Crippen LogP contribution in [-0.2, 0) is 5.41 Å². The minimum Gasteiger partial charge on any atom is -0.507 e. The van der Waals surface area contributed by atoms with E-state index in [0.29, 0.717) is 22.3 Å². The van der Waals surface area contributed by atoms with Crippen LogP contribution in [0.15, 0.2) is 47.4 Å². The van der Waals surface area contributed by atoms with Gasteiger partial charge >= 0.3 is 5.51 Å². The van der Waals surface area contributed by atoms with Crippen LogP contribution in [0.3, 0.4) is 0 Å². The standard InChI is InChI=1S/C25H21ClF5NO2S/c1-12-15(13-5-7-18(27)19(28)9-13)11-16(24(2,3)4)22(33)21(12)23(34)32-20-8-6-14(10-17(20)26)35-25(29,30)31/h5-11,33H,1-4H3,(H,32,34). The molecule has 0 aliphatic carbocycles. The van der Waals surface area contributed by atoms with Crippen LogP contribution >= 0.6 is 23.4 Å². The van der Waals surface area contributed by atoms with Crippen molar-refractivity contribution in [2.24, 2.45) is 0 Å². The summed E-state index contributed by atoms with van der Waals surface area (Å²) in [6.07, 6.45) is 0. The van der Waals surface area contributed by atoms with Crippen LogP contribution in [0.2, 0.25) is 5.02 Å². The highest BCUT2D eigenvalue weighted by Gasteiger charge is 2.30. The van der Waals surface area contributed by atoms with E-state index in [-0.39, 0.29) is 38.7 Å². The molecule has 3 rings (SSSR count). The average Bonchev–Trinajstić information content (AvgIpc) is 2.70. The van der Waals surface area contributed by atoms with Crippen molar-refractivity contribution >= 4 is 35.0 Å². The van der Waals surface area contributed by atoms with Crippen molar-refractivity contribution in [1.29, 1.82) is 0 Å². The van der Waals surface area contributed by atoms with Crippen molar-refractivity contribution in [3.63, 3.8) is 0 Å². The third kappa shape index (κ3) is 6.08. The smallest absolute Gasteiger partial charge is 0.446 e. The Balaban J connectivity index is 2.10. The molecule has 0 saturated heterocycles. The van der Waals surface area contributed by atoms with E-state index in [1.54, 1.807) is 13.0 Å². The Morgan fingerprint density at radius 3 is 2.20 bits per heavy atom. The maximum atomic E-state index is 13.9. The Hall–Kier alpha value is -2.78. The molecule has 0 radical (unpaired) electrons. The van der Waals surface area contributed by atoms with Crippen molar-refractivity contribution in [2.45, 2.75) is 43.5 Å². The van der Waals surface area contributed by atoms with Crippen molar-refractivity contribution in [2.75, 3.05) is 5.32 Å². The summed E-state index contributed by atoms with van der Waals surface area (Å²) < 4.78 is 65.3. The molecular formula is C25H21ClF5NO2S. The fourth-order valence-electron chi connectivity index (χ4n) is 3.56. The van der Waals surface area contributed by atoms with Gasteiger partial charge in [0.25, 0.3) is 5.91 Å². The largest absolute Gasteiger partial charge is 0.507 e. The first-order chi connectivity index (χ1) is 16.1. The number of phenolic OH excluding ortho intramolecular Hbond substituents is 1. The molecule has 1 amide bonds. The summed E-state index contributed by atoms with van der Waals surface area (Å²) >= 11 is 5.75. The number of aromatic hydroxyl groups is 1. The number of anilines is 1. The number of thioether (sulfide) groups is 1. The maximum absolute atomic E-state index is 13.9. The topological polar surface area (TPSA) is 49.3 Å². The Morgan fingerprint density at radius 1 is 1.00 bits per heavy atom. The average molecular weight is 530 g/mol. The summed E-state index contributed by atoms with van der Waals surface area (Å²) in [6, 6.07) is 8.39. The molecule has 0 aromatic heterocycles. The minimum atomic E-state index is -4.50. The van der Waals surface area contributed by atoms with Crippen LogP contribution in [0, 0.1) is 18.6 Å². The van der Waals surface area contributed by atoms with Crippen LogP contribution in [0.25, 0.3) is 11.1 Å². The lowest BCUT2D eigenvalue weighted by Crippen LogP contribution is -2.19. The van der Waals surface area contributed by atoms with Crippen LogP contribution in [0.1, 0.15) is 42.3 Å². The third-order valence-electron chi connectivity index (χ3n) is 5.25. The molecule has 0 bridgehead atoms. The summed E-state index contributed by atoms with van der Waals surface area (Å²) in [6.45, 7) is 6.97. The molecule has 3 aromatic rings. The molecule has 0 saturated carbocycles. The number of phenols is 1. The van der Waals surface area contributed by atoms with Gasteiger partial charge in [-0.1, -0.05) is 38.4 Å². The van der Waals surface area contributed by atoms with Gasteiger partial charge in [-0.15, -0.1) is 0 Å². The highest BCUT2D eigenvalue weighted by molar-refractivity contribution is 8.00. The van der Waals surface area contributed by atoms with E-state index >= 15 is 0 Å². The van der Waals surface area contributed by atoms with Crippen molar-refractivity contribution in [3.8, 4) is 16.9 Å². The number of nitrogens with one attached hydrogen (secondary N) is 1. The molecule has 186 valence electrons. The summed E-state index contributed by atoms with van der Waals surface area (Å²) in [5, 5.41) is 13.4. The first kappa shape index (κ1) is 26.8. The van der Waals surface area contributed by atoms with Crippen molar-refractivity contribution < 1.29 is 31.9 Å². The number of carbonyl (C=O) groups is 1. The number of alkyl halides is 3. The van der Waals surface area contributed by atoms with Crippen molar-refractivity contribution in [3.05, 3.63) is 75.8 Å². The molecule has 0 atom stereocenters. The quantitative estimate of drug-likeness (QED) is 0.263. The lowest BCUT2D eigenvalue weighted by atomic mass is 9.81. The van der Waals surface area contributed by atoms with Gasteiger partial charge < -0.3 is 10.4 Å². The Morgan fingerprint density at radius 2 is 1.66 bits per heavy atom. The normalized spacial score (nSPS) is 12.1. The number of rotatable bonds is 4. The van der Waals surface area contributed by atoms with Gasteiger partial charge in [0.05, 0.1) is 16.3 Å². The number of benzene rings is 3. The highest BCUT2D eigenvalue weighted by Crippen LogP contribution is 2.42. The molecule has 0 fully saturated rings. The molecule has 3 aromatic carbocycles. The monoisotopic (exact) mass is 529 g/mol. The van der Waals surface area contributed by atoms with Gasteiger partial charge in [-0.3, -0.25) is 4.79 Å². The Labute approximate surface area is 208 Å². The molecular weight excluding hydrogens is 509 g/mol. The van der Waals surface area contributed by atoms with E-state index in [1.165, 1.54) is 12.1 Å². The van der Waals surface area contributed by atoms with Crippen LogP contribution in [0.5, 0.6) is 5.75 Å². The second kappa shape index (κ2) is 9.70. The highest BCUT2D eigenvalue weighted by atomic mass is 35.5. The molecule has 2 N–H and O–H groups in total. The summed E-state index contributed by atoms with van der Waals surface area (Å²) in [5.41, 5.74) is -3.84. The molecule has 10 heteroatoms. The van der Waals surface area contributed by atoms with E-state index in [4.69, 9.17) is 11.6 Å². The van der Waals surface area contributed by atoms with Crippen molar-refractivity contribution in [1.82, 2.24) is 0 Å². The summed E-state index contributed by atoms with van der Waals surface area (Å²) in [4.78, 5) is 13.1. The number of halogens is 6. The van der Waals surface area contributed by atoms with Gasteiger partial charge in [0, 0.05) is 10.5 Å². The van der Waals surface area contributed by atoms with Gasteiger partial charge in [-0.2, -0.15) is 13.2 Å². The predicted molar refractivity (Wildman–Crippen MR) is 128 cm³/mol. The molecule has 0 spiro atoms. The van der Waals surface area contributed by atoms with Gasteiger partial charge in [0.15, 0.2) is 11.6 Å². The molecule has 35 heavy (non-hydrogen) atoms. The Bertz CT molecular complexity index is 1300. The first-order valence-electron chi connectivity index (χ1n) is 10.3. The van der Waals surface area contributed by atoms with Crippen LogP contribution in [-0.4, -0.2) is 16.5 Å². The number of amides is 1. The van der Waals surface area contributed by atoms with E-state index < -0.39 is 28.5 Å². The van der Waals surface area contributed by atoms with E-state index in [0.717, 1.165) is 24.3 Å². The second-order valence-corrected chi connectivity index (χ2v) is 10.4. The summed E-state index contributed by atoms with van der Waals surface area (Å²) in [7, 11) is 0. The zero-order valence-electron chi connectivity index (χ0n) is 19.1. The number of carbonyl (C=O) groups excluding carboxylic acids is 1. The SMILES string of the molecule is Cc1c(-c2ccc(F)c(F)c2)cc(C(C)(C)C)c(O)c1C(=O)Nc1ccc(SC(F)(F)F)cc1Cl. The lowest BCUT2D eigenvalue weighted by Gasteiger charge is -2.25. The van der Waals surface area contributed by atoms with Crippen LogP contribution < -0.4 is 5.32 Å². The lowest BCUT2D eigenvalue weighted by molar-refractivity contribution is -0.0328. The van der Waals surface area contributed by atoms with Gasteiger partial charge in [0.2, 0.25) is 0 Å². The Kier molecular flexibility index (Phi) is 7.43. The van der Waals surface area contributed by atoms with Gasteiger partial charge in [-0.05, 0) is 77.2 Å². The zero-order chi connectivity index (χ0) is 26.3. The van der Waals surface area contributed by atoms with E-state index in [9.17, 15) is 31.9 Å². The van der Waals surface area contributed by atoms with E-state index in [1.807, 2.05) is 20.8 Å². The number of hydrogen-bond acceptors (Lipinski definition) is 3. The third-order valence-corrected chi connectivity index (χ3v) is 6.28. The number of hydrogen-bond donors (Lipinski definition) is 2. The van der Waals surface area contributed by atoms with E-state index in [2.05, 4.69) is 5.32 Å². The van der Waals surface area contributed by atoms with Crippen LogP contribution in [0.4, 0.5) is 27.6 Å². The maximum Gasteiger partial charge on any atom is 0.446 e. The minimum absolute atomic E-state index is 0.0394. The zero-order valence-corrected chi connectivity index (χ0v) is 20.6. The predicted octanol–water partition coefficient (Wildman–Crippen LogP) is 8.46. The fraction of sp³-hybridized carbons (Fsp3) is 0.240. The summed E-state index contributed by atoms with van der Waals surface area (Å²) in [5.74, 6) is -3.17. The molecule has 0 unspecified atom stereocenters. The van der Waals surface area contributed by atoms with Gasteiger partial charge in [-0.25, -0.2) is 8.78 Å². The molecule has 0 aliphatic rings. The molecule has 0 heterocycles. The first-order valence-corrected chi connectivity index (χ1v) is 11.5. The van der Waals surface area contributed by atoms with Gasteiger partial charge in [0.1, 0.15) is 5.75 Å². The molecule has 3 nitrogen and oxygen atoms in total. The second-order valence-electron chi connectivity index (χ2n) is 8.84.